The predicted octanol–water partition coefficient (Wildman–Crippen LogP) is 7.38. The number of alkyl carbamates (subject to hydrolysis) is 2. The topological polar surface area (TPSA) is 206 Å². The molecule has 62 heavy (non-hydrogen) atoms. The van der Waals surface area contributed by atoms with Crippen LogP contribution in [0, 0.1) is 11.8 Å². The van der Waals surface area contributed by atoms with Gasteiger partial charge < -0.3 is 45.0 Å². The summed E-state index contributed by atoms with van der Waals surface area (Å²) in [6.07, 6.45) is 7.25. The summed E-state index contributed by atoms with van der Waals surface area (Å²) in [4.78, 5) is 76.4. The van der Waals surface area contributed by atoms with Crippen molar-refractivity contribution < 1.29 is 33.4 Å². The number of methoxy groups -OCH3 is 2. The number of aromatic amines is 2. The summed E-state index contributed by atoms with van der Waals surface area (Å²) < 4.78 is 15.9. The van der Waals surface area contributed by atoms with Crippen LogP contribution < -0.4 is 20.7 Å². The van der Waals surface area contributed by atoms with Crippen molar-refractivity contribution in [1.29, 1.82) is 0 Å². The number of fused-ring (bicyclic) bond motifs is 4. The third kappa shape index (κ3) is 8.46. The smallest absolute Gasteiger partial charge is 0.407 e. The van der Waals surface area contributed by atoms with Crippen LogP contribution in [0.5, 0.6) is 5.75 Å². The Labute approximate surface area is 364 Å². The van der Waals surface area contributed by atoms with Crippen molar-refractivity contribution >= 4 is 46.4 Å². The summed E-state index contributed by atoms with van der Waals surface area (Å²) in [5.41, 5.74) is 5.50. The quantitative estimate of drug-likeness (QED) is 0.0891. The van der Waals surface area contributed by atoms with Crippen LogP contribution in [0.2, 0.25) is 0 Å². The van der Waals surface area contributed by atoms with Crippen LogP contribution in [-0.2, 0) is 31.0 Å². The molecule has 3 aliphatic rings. The highest BCUT2D eigenvalue weighted by Gasteiger charge is 2.41. The molecule has 1 saturated carbocycles. The monoisotopic (exact) mass is 865 g/mol. The second-order valence-corrected chi connectivity index (χ2v) is 18.2. The van der Waals surface area contributed by atoms with Crippen molar-refractivity contribution in [3.05, 3.63) is 59.9 Å². The number of imidazole rings is 2. The molecule has 5 aromatic rings. The first kappa shape index (κ1) is 42.7. The minimum atomic E-state index is -0.757. The fourth-order valence-electron chi connectivity index (χ4n) is 8.96. The molecule has 8 rings (SSSR count). The van der Waals surface area contributed by atoms with E-state index in [1.54, 1.807) is 11.3 Å². The number of nitrogens with one attached hydrogen (secondary N) is 5. The molecule has 2 fully saturated rings. The van der Waals surface area contributed by atoms with Crippen molar-refractivity contribution in [2.24, 2.45) is 11.8 Å². The van der Waals surface area contributed by atoms with E-state index in [0.29, 0.717) is 25.4 Å². The van der Waals surface area contributed by atoms with Gasteiger partial charge in [0.05, 0.1) is 54.0 Å². The van der Waals surface area contributed by atoms with Gasteiger partial charge in [0.1, 0.15) is 34.5 Å². The predicted molar refractivity (Wildman–Crippen MR) is 234 cm³/mol. The average molecular weight is 866 g/mol. The van der Waals surface area contributed by atoms with E-state index >= 15 is 0 Å². The first-order valence-electron chi connectivity index (χ1n) is 21.5. The highest BCUT2D eigenvalue weighted by Crippen LogP contribution is 2.42. The van der Waals surface area contributed by atoms with Crippen LogP contribution in [0.3, 0.4) is 0 Å². The normalized spacial score (nSPS) is 18.0. The molecule has 2 aromatic carbocycles. The van der Waals surface area contributed by atoms with Gasteiger partial charge in [0.25, 0.3) is 0 Å². The fourth-order valence-corrected chi connectivity index (χ4v) is 9.87. The maximum atomic E-state index is 13.8. The van der Waals surface area contributed by atoms with Gasteiger partial charge in [-0.1, -0.05) is 53.0 Å². The number of nitrogens with zero attached hydrogens (tertiary/aromatic N) is 4. The minimum absolute atomic E-state index is 0.123. The summed E-state index contributed by atoms with van der Waals surface area (Å²) in [6, 6.07) is 10.5. The summed E-state index contributed by atoms with van der Waals surface area (Å²) in [7, 11) is 2.58. The molecule has 1 aliphatic carbocycles. The van der Waals surface area contributed by atoms with Crippen molar-refractivity contribution in [2.45, 2.75) is 103 Å². The molecule has 2 aliphatic heterocycles. The maximum absolute atomic E-state index is 13.8. The van der Waals surface area contributed by atoms with E-state index in [0.717, 1.165) is 106 Å². The molecule has 0 bridgehead atoms. The van der Waals surface area contributed by atoms with E-state index < -0.39 is 29.8 Å². The van der Waals surface area contributed by atoms with Crippen LogP contribution in [-0.4, -0.2) is 93.3 Å². The molecule has 5 heterocycles. The largest absolute Gasteiger partial charge is 0.492 e. The number of rotatable bonds is 11. The number of hydrogen-bond donors (Lipinski definition) is 5. The molecule has 3 atom stereocenters. The Hall–Kier alpha value is -5.97. The zero-order valence-corrected chi connectivity index (χ0v) is 36.9. The number of likely N-dealkylation sites (tertiary alicyclic amines) is 1. The van der Waals surface area contributed by atoms with E-state index in [4.69, 9.17) is 29.2 Å². The highest BCUT2D eigenvalue weighted by atomic mass is 32.1. The van der Waals surface area contributed by atoms with Gasteiger partial charge in [-0.2, -0.15) is 0 Å². The molecule has 17 heteroatoms. The first-order valence-corrected chi connectivity index (χ1v) is 22.3. The summed E-state index contributed by atoms with van der Waals surface area (Å²) >= 11 is 1.58. The van der Waals surface area contributed by atoms with Gasteiger partial charge in [-0.15, -0.1) is 11.3 Å². The molecule has 4 amide bonds. The second-order valence-electron chi connectivity index (χ2n) is 17.1. The fraction of sp³-hybridized carbons (Fsp3) is 0.489. The first-order chi connectivity index (χ1) is 29.9. The van der Waals surface area contributed by atoms with Gasteiger partial charge in [-0.25, -0.2) is 24.5 Å². The lowest BCUT2D eigenvalue weighted by atomic mass is 9.80. The third-order valence-electron chi connectivity index (χ3n) is 12.3. The molecular weight excluding hydrogens is 811 g/mol. The second kappa shape index (κ2) is 17.8. The Morgan fingerprint density at radius 2 is 1.61 bits per heavy atom. The van der Waals surface area contributed by atoms with Gasteiger partial charge in [0, 0.05) is 36.0 Å². The van der Waals surface area contributed by atoms with Crippen molar-refractivity contribution in [3.8, 4) is 38.0 Å². The zero-order valence-electron chi connectivity index (χ0n) is 36.1. The number of carbonyl (C=O) groups is 4. The number of benzene rings is 2. The molecule has 2 unspecified atom stereocenters. The molecule has 328 valence electrons. The van der Waals surface area contributed by atoms with Crippen LogP contribution in [0.4, 0.5) is 9.59 Å². The molecule has 1 saturated heterocycles. The Balaban J connectivity index is 1.01. The van der Waals surface area contributed by atoms with E-state index in [2.05, 4.69) is 38.1 Å². The number of aromatic nitrogens is 5. The zero-order chi connectivity index (χ0) is 43.7. The van der Waals surface area contributed by atoms with Gasteiger partial charge in [-0.05, 0) is 73.4 Å². The van der Waals surface area contributed by atoms with Crippen molar-refractivity contribution in [2.75, 3.05) is 27.4 Å². The molecule has 5 N–H and O–H groups in total. The van der Waals surface area contributed by atoms with Gasteiger partial charge in [-0.3, -0.25) is 9.59 Å². The summed E-state index contributed by atoms with van der Waals surface area (Å²) in [5.74, 6) is 1.48. The Morgan fingerprint density at radius 3 is 2.34 bits per heavy atom. The van der Waals surface area contributed by atoms with Gasteiger partial charge in [0.2, 0.25) is 11.8 Å². The highest BCUT2D eigenvalue weighted by molar-refractivity contribution is 7.18. The van der Waals surface area contributed by atoms with Gasteiger partial charge >= 0.3 is 12.2 Å². The Morgan fingerprint density at radius 1 is 0.887 bits per heavy atom. The van der Waals surface area contributed by atoms with Crippen LogP contribution in [0.15, 0.2) is 42.6 Å². The van der Waals surface area contributed by atoms with Crippen LogP contribution >= 0.6 is 11.3 Å². The standard InChI is InChI=1S/C45H55N9O7S/c1-24(2)35(51-43(57)59-5)39(55)53-45(17-8-7-9-18-45)42-48-29-15-13-27(21-31(29)49-42)40-46-23-34(62-40)26-12-14-28-33(22-26)61-20-16-30-37(28)50-38(47-30)32-11-10-19-54(32)41(56)36(25(3)4)52-44(58)60-6/h12-15,21-25,32,35-36H,7-11,16-20H2,1-6H3,(H,47,50)(H,48,49)(H,51,57)(H,52,58)(H,53,55)/t32?,35?,36-/m0/s1. The summed E-state index contributed by atoms with van der Waals surface area (Å²) in [6.45, 7) is 8.63. The number of ether oxygens (including phenoxy) is 3. The maximum Gasteiger partial charge on any atom is 0.407 e. The molecule has 16 nitrogen and oxygen atoms in total. The molecular formula is C45H55N9O7S. The van der Waals surface area contributed by atoms with Gasteiger partial charge in [0.15, 0.2) is 0 Å². The lowest BCUT2D eigenvalue weighted by Gasteiger charge is -2.38. The number of thiazole rings is 1. The molecule has 3 aromatic heterocycles. The van der Waals surface area contributed by atoms with Crippen molar-refractivity contribution in [3.63, 3.8) is 0 Å². The van der Waals surface area contributed by atoms with Crippen LogP contribution in [0.25, 0.3) is 43.3 Å². The lowest BCUT2D eigenvalue weighted by molar-refractivity contribution is -0.135. The van der Waals surface area contributed by atoms with Crippen molar-refractivity contribution in [1.82, 2.24) is 45.8 Å². The average Bonchev–Trinajstić information content (AvgIpc) is 4.10. The van der Waals surface area contributed by atoms with E-state index in [9.17, 15) is 19.2 Å². The number of amides is 4. The number of H-pyrrole nitrogens is 2. The number of hydrogen-bond acceptors (Lipinski definition) is 11. The Kier molecular flexibility index (Phi) is 12.3. The van der Waals surface area contributed by atoms with E-state index in [-0.39, 0.29) is 29.7 Å². The summed E-state index contributed by atoms with van der Waals surface area (Å²) in [5, 5.41) is 9.56. The lowest BCUT2D eigenvalue weighted by Crippen LogP contribution is -2.56. The van der Waals surface area contributed by atoms with Crippen LogP contribution in [0.1, 0.15) is 96.0 Å². The number of carbonyl (C=O) groups excluding carboxylic acids is 4. The SMILES string of the molecule is COC(=O)NC(C(=O)NC1(c2nc3ccc(-c4ncc(-c5ccc6c(c5)OCCc5[nH]c(C7CCCN7C(=O)[C@@H](NC(=O)OC)C(C)C)nc5-6)s4)cc3[nH]2)CCCCC1)C(C)C. The van der Waals surface area contributed by atoms with E-state index in [1.807, 2.05) is 63.1 Å². The van der Waals surface area contributed by atoms with E-state index in [1.165, 1.54) is 14.2 Å². The Bertz CT molecular complexity index is 2470. The molecule has 0 spiro atoms. The molecule has 0 radical (unpaired) electrons. The third-order valence-corrected chi connectivity index (χ3v) is 13.4. The minimum Gasteiger partial charge on any atom is -0.492 e.